The van der Waals surface area contributed by atoms with E-state index in [1.54, 1.807) is 0 Å². The van der Waals surface area contributed by atoms with E-state index >= 15 is 0 Å². The topological polar surface area (TPSA) is 44.5 Å². The van der Waals surface area contributed by atoms with E-state index in [0.29, 0.717) is 0 Å². The van der Waals surface area contributed by atoms with Gasteiger partial charge in [-0.15, -0.1) is 0 Å². The second kappa shape index (κ2) is 8.57. The Hall–Kier alpha value is -4.58. The monoisotopic (exact) mass is 472 g/mol. The van der Waals surface area contributed by atoms with Crippen molar-refractivity contribution in [3.05, 3.63) is 97.1 Å². The third kappa shape index (κ3) is 3.11. The fourth-order valence-electron chi connectivity index (χ4n) is 5.04. The Labute approximate surface area is 208 Å². The van der Waals surface area contributed by atoms with Crippen molar-refractivity contribution in [2.75, 3.05) is 0 Å². The number of nitrogens with zero attached hydrogens (tertiary/aromatic N) is 6. The first-order valence-corrected chi connectivity index (χ1v) is 12.3. The molecule has 0 aliphatic rings. The summed E-state index contributed by atoms with van der Waals surface area (Å²) < 4.78 is 8.69. The van der Waals surface area contributed by atoms with E-state index in [0.717, 1.165) is 22.6 Å². The molecule has 178 valence electrons. The minimum absolute atomic E-state index is 0.993. The molecule has 4 heterocycles. The molecule has 6 heteroatoms. The van der Waals surface area contributed by atoms with Crippen LogP contribution in [0.25, 0.3) is 55.7 Å². The van der Waals surface area contributed by atoms with E-state index in [1.807, 2.05) is 26.0 Å². The summed E-state index contributed by atoms with van der Waals surface area (Å²) in [5.41, 5.74) is 9.25. The van der Waals surface area contributed by atoms with E-state index in [4.69, 9.17) is 0 Å². The van der Waals surface area contributed by atoms with E-state index in [1.165, 1.54) is 33.1 Å². The molecule has 4 aromatic carbocycles. The van der Waals surface area contributed by atoms with E-state index < -0.39 is 0 Å². The predicted molar refractivity (Wildman–Crippen MR) is 150 cm³/mol. The van der Waals surface area contributed by atoms with Gasteiger partial charge in [0.25, 0.3) is 0 Å². The van der Waals surface area contributed by atoms with Crippen LogP contribution in [0, 0.1) is 0 Å². The molecule has 0 amide bonds. The summed E-state index contributed by atoms with van der Waals surface area (Å²) in [5.74, 6) is 1.99. The summed E-state index contributed by atoms with van der Waals surface area (Å²) in [7, 11) is 4.12. The van der Waals surface area contributed by atoms with Crippen LogP contribution in [0.3, 0.4) is 0 Å². The highest BCUT2D eigenvalue weighted by molar-refractivity contribution is 5.91. The van der Waals surface area contributed by atoms with Gasteiger partial charge in [0.15, 0.2) is 0 Å². The van der Waals surface area contributed by atoms with Crippen LogP contribution in [0.1, 0.15) is 13.8 Å². The largest absolute Gasteiger partial charge is 0.313 e. The lowest BCUT2D eigenvalue weighted by Crippen LogP contribution is -1.87. The van der Waals surface area contributed by atoms with Crippen molar-refractivity contribution in [1.82, 2.24) is 27.9 Å². The molecule has 8 aromatic rings. The van der Waals surface area contributed by atoms with Crippen molar-refractivity contribution in [1.29, 1.82) is 0 Å². The standard InChI is InChI=1S/2C14H11N3.C2H6/c2*1-16-12-8-4-5-9-13(12)17-11-7-3-2-6-10(11)15-14(16)17;1-2/h2*2-9H,1H3;1-2H3. The summed E-state index contributed by atoms with van der Waals surface area (Å²) in [4.78, 5) is 9.36. The molecule has 6 nitrogen and oxygen atoms in total. The first kappa shape index (κ1) is 21.9. The van der Waals surface area contributed by atoms with Crippen LogP contribution in [-0.4, -0.2) is 27.9 Å². The van der Waals surface area contributed by atoms with Crippen LogP contribution < -0.4 is 0 Å². The summed E-state index contributed by atoms with van der Waals surface area (Å²) >= 11 is 0. The van der Waals surface area contributed by atoms with E-state index in [-0.39, 0.29) is 0 Å². The average Bonchev–Trinajstić information content (AvgIpc) is 3.66. The van der Waals surface area contributed by atoms with Crippen molar-refractivity contribution in [2.24, 2.45) is 14.1 Å². The minimum Gasteiger partial charge on any atom is -0.313 e. The van der Waals surface area contributed by atoms with E-state index in [2.05, 4.69) is 127 Å². The van der Waals surface area contributed by atoms with Crippen LogP contribution in [0.2, 0.25) is 0 Å². The van der Waals surface area contributed by atoms with Gasteiger partial charge in [0.05, 0.1) is 44.1 Å². The van der Waals surface area contributed by atoms with Gasteiger partial charge in [-0.25, -0.2) is 9.97 Å². The highest BCUT2D eigenvalue weighted by Gasteiger charge is 2.13. The Bertz CT molecular complexity index is 1850. The molecule has 0 saturated heterocycles. The Morgan fingerprint density at radius 1 is 0.417 bits per heavy atom. The second-order valence-electron chi connectivity index (χ2n) is 8.57. The molecule has 0 N–H and O–H groups in total. The maximum absolute atomic E-state index is 4.68. The van der Waals surface area contributed by atoms with Gasteiger partial charge < -0.3 is 9.13 Å². The zero-order valence-corrected chi connectivity index (χ0v) is 20.9. The Balaban J connectivity index is 0.000000125. The van der Waals surface area contributed by atoms with Gasteiger partial charge in [0, 0.05) is 14.1 Å². The molecule has 0 saturated carbocycles. The van der Waals surface area contributed by atoms with Gasteiger partial charge >= 0.3 is 0 Å². The number of hydrogen-bond acceptors (Lipinski definition) is 2. The highest BCUT2D eigenvalue weighted by Crippen LogP contribution is 2.26. The van der Waals surface area contributed by atoms with Crippen LogP contribution in [0.5, 0.6) is 0 Å². The third-order valence-electron chi connectivity index (χ3n) is 6.65. The lowest BCUT2D eigenvalue weighted by atomic mass is 10.3. The molecule has 0 unspecified atom stereocenters. The number of hydrogen-bond donors (Lipinski definition) is 0. The SMILES string of the molecule is CC.Cn1c2ccccc2n2c3ccccc3nc12.Cn1c2ccccc2n2c3ccccc3nc12. The van der Waals surface area contributed by atoms with Crippen LogP contribution in [0.15, 0.2) is 97.1 Å². The van der Waals surface area contributed by atoms with Crippen LogP contribution in [-0.2, 0) is 14.1 Å². The molecular formula is C30H28N6. The number of aryl methyl sites for hydroxylation is 2. The number of para-hydroxylation sites is 8. The number of imidazole rings is 4. The second-order valence-corrected chi connectivity index (χ2v) is 8.57. The average molecular weight is 473 g/mol. The fraction of sp³-hybridized carbons (Fsp3) is 0.133. The van der Waals surface area contributed by atoms with Gasteiger partial charge in [-0.2, -0.15) is 0 Å². The first-order valence-electron chi connectivity index (χ1n) is 12.3. The summed E-state index contributed by atoms with van der Waals surface area (Å²) in [6.45, 7) is 4.00. The van der Waals surface area contributed by atoms with Crippen molar-refractivity contribution < 1.29 is 0 Å². The summed E-state index contributed by atoms with van der Waals surface area (Å²) in [6, 6.07) is 33.3. The molecule has 0 bridgehead atoms. The van der Waals surface area contributed by atoms with E-state index in [9.17, 15) is 0 Å². The smallest absolute Gasteiger partial charge is 0.215 e. The molecule has 4 aromatic heterocycles. The molecule has 0 radical (unpaired) electrons. The molecule has 0 spiro atoms. The molecule has 36 heavy (non-hydrogen) atoms. The quantitative estimate of drug-likeness (QED) is 0.239. The Morgan fingerprint density at radius 2 is 0.722 bits per heavy atom. The lowest BCUT2D eigenvalue weighted by molar-refractivity contribution is 0.973. The van der Waals surface area contributed by atoms with Gasteiger partial charge in [0.2, 0.25) is 11.6 Å². The maximum atomic E-state index is 4.68. The number of rotatable bonds is 0. The molecular weight excluding hydrogens is 444 g/mol. The van der Waals surface area contributed by atoms with Gasteiger partial charge in [-0.05, 0) is 48.5 Å². The summed E-state index contributed by atoms with van der Waals surface area (Å²) in [5, 5.41) is 0. The molecule has 8 rings (SSSR count). The summed E-state index contributed by atoms with van der Waals surface area (Å²) in [6.07, 6.45) is 0. The zero-order chi connectivity index (χ0) is 24.8. The van der Waals surface area contributed by atoms with Gasteiger partial charge in [-0.1, -0.05) is 62.4 Å². The molecule has 0 aliphatic carbocycles. The van der Waals surface area contributed by atoms with Crippen molar-refractivity contribution >= 4 is 55.7 Å². The zero-order valence-electron chi connectivity index (χ0n) is 20.9. The first-order chi connectivity index (χ1) is 17.7. The number of aromatic nitrogens is 6. The molecule has 0 fully saturated rings. The van der Waals surface area contributed by atoms with Crippen LogP contribution >= 0.6 is 0 Å². The van der Waals surface area contributed by atoms with Gasteiger partial charge in [0.1, 0.15) is 0 Å². The number of benzene rings is 4. The lowest BCUT2D eigenvalue weighted by Gasteiger charge is -1.94. The maximum Gasteiger partial charge on any atom is 0.215 e. The Morgan fingerprint density at radius 3 is 1.11 bits per heavy atom. The molecule has 0 atom stereocenters. The normalized spacial score (nSPS) is 11.3. The Kier molecular flexibility index (Phi) is 5.22. The van der Waals surface area contributed by atoms with Crippen LogP contribution in [0.4, 0.5) is 0 Å². The highest BCUT2D eigenvalue weighted by atomic mass is 15.2. The van der Waals surface area contributed by atoms with Gasteiger partial charge in [-0.3, -0.25) is 8.80 Å². The third-order valence-corrected chi connectivity index (χ3v) is 6.65. The fourth-order valence-corrected chi connectivity index (χ4v) is 5.04. The van der Waals surface area contributed by atoms with Crippen molar-refractivity contribution in [3.8, 4) is 0 Å². The predicted octanol–water partition coefficient (Wildman–Crippen LogP) is 6.98. The van der Waals surface area contributed by atoms with Crippen molar-refractivity contribution in [2.45, 2.75) is 13.8 Å². The number of fused-ring (bicyclic) bond motifs is 10. The molecule has 0 aliphatic heterocycles. The van der Waals surface area contributed by atoms with Crippen molar-refractivity contribution in [3.63, 3.8) is 0 Å². The minimum atomic E-state index is 0.993.